The normalized spacial score (nSPS) is 23.5. The van der Waals surface area contributed by atoms with Crippen LogP contribution in [0.3, 0.4) is 0 Å². The lowest BCUT2D eigenvalue weighted by Gasteiger charge is -2.35. The van der Waals surface area contributed by atoms with Gasteiger partial charge in [-0.15, -0.1) is 0 Å². The number of amides is 4. The molecule has 1 atom stereocenters. The van der Waals surface area contributed by atoms with Crippen LogP contribution < -0.4 is 5.32 Å². The van der Waals surface area contributed by atoms with Crippen LogP contribution in [0.5, 0.6) is 0 Å². The molecule has 0 aliphatic carbocycles. The molecule has 0 aromatic carbocycles. The van der Waals surface area contributed by atoms with Crippen LogP contribution in [0.2, 0.25) is 0 Å². The molecule has 1 N–H and O–H groups in total. The van der Waals surface area contributed by atoms with Gasteiger partial charge < -0.3 is 14.7 Å². The Kier molecular flexibility index (Phi) is 4.06. The van der Waals surface area contributed by atoms with E-state index < -0.39 is 11.6 Å². The van der Waals surface area contributed by atoms with Crippen LogP contribution in [0.25, 0.3) is 0 Å². The van der Waals surface area contributed by atoms with Crippen molar-refractivity contribution < 1.29 is 18.9 Å². The molecule has 8 nitrogen and oxygen atoms in total. The minimum absolute atomic E-state index is 0.169. The lowest BCUT2D eigenvalue weighted by atomic mass is 9.99. The molecule has 0 bridgehead atoms. The Balaban J connectivity index is 1.75. The predicted octanol–water partition coefficient (Wildman–Crippen LogP) is 1.37. The maximum atomic E-state index is 12.7. The molecule has 0 radical (unpaired) electrons. The number of imide groups is 1. The molecule has 2 saturated heterocycles. The van der Waals surface area contributed by atoms with E-state index in [1.807, 2.05) is 6.07 Å². The van der Waals surface area contributed by atoms with E-state index in [1.165, 1.54) is 0 Å². The molecule has 1 aromatic rings. The zero-order chi connectivity index (χ0) is 17.5. The molecule has 1 aromatic heterocycles. The number of rotatable bonds is 3. The summed E-state index contributed by atoms with van der Waals surface area (Å²) in [4.78, 5) is 39.7. The highest BCUT2D eigenvalue weighted by Gasteiger charge is 2.45. The van der Waals surface area contributed by atoms with Gasteiger partial charge in [0.2, 0.25) is 5.91 Å². The Bertz CT molecular complexity index is 681. The first-order chi connectivity index (χ1) is 11.3. The SMILES string of the molecule is Cc1cc([C@H]2CCCCN2C(=O)CN2C(=O)NC(C)(C)C2=O)no1. The summed E-state index contributed by atoms with van der Waals surface area (Å²) in [6.07, 6.45) is 2.69. The van der Waals surface area contributed by atoms with Gasteiger partial charge in [0.1, 0.15) is 23.5 Å². The number of nitrogens with one attached hydrogen (secondary N) is 1. The summed E-state index contributed by atoms with van der Waals surface area (Å²) >= 11 is 0. The molecule has 2 aliphatic heterocycles. The van der Waals surface area contributed by atoms with Gasteiger partial charge in [-0.1, -0.05) is 5.16 Å². The average Bonchev–Trinajstić information content (AvgIpc) is 3.04. The molecule has 2 aliphatic rings. The van der Waals surface area contributed by atoms with Crippen LogP contribution in [0.1, 0.15) is 50.6 Å². The molecule has 0 spiro atoms. The number of hydrogen-bond acceptors (Lipinski definition) is 5. The lowest BCUT2D eigenvalue weighted by Crippen LogP contribution is -2.47. The van der Waals surface area contributed by atoms with Gasteiger partial charge in [-0.05, 0) is 40.0 Å². The first-order valence-corrected chi connectivity index (χ1v) is 8.16. The molecule has 0 unspecified atom stereocenters. The van der Waals surface area contributed by atoms with Crippen molar-refractivity contribution in [3.8, 4) is 0 Å². The minimum Gasteiger partial charge on any atom is -0.361 e. The van der Waals surface area contributed by atoms with Crippen LogP contribution in [-0.2, 0) is 9.59 Å². The Morgan fingerprint density at radius 2 is 2.17 bits per heavy atom. The number of carbonyl (C=O) groups excluding carboxylic acids is 3. The standard InChI is InChI=1S/C16H22N4O4/c1-10-8-11(18-24-10)12-6-4-5-7-19(12)13(21)9-20-14(22)16(2,3)17-15(20)23/h8,12H,4-7,9H2,1-3H3,(H,17,23)/t12-/m1/s1. The van der Waals surface area contributed by atoms with Gasteiger partial charge in [0.15, 0.2) is 0 Å². The van der Waals surface area contributed by atoms with E-state index in [1.54, 1.807) is 25.7 Å². The van der Waals surface area contributed by atoms with Gasteiger partial charge in [-0.25, -0.2) is 4.79 Å². The first kappa shape index (κ1) is 16.5. The van der Waals surface area contributed by atoms with E-state index >= 15 is 0 Å². The zero-order valence-corrected chi connectivity index (χ0v) is 14.2. The van der Waals surface area contributed by atoms with E-state index in [9.17, 15) is 14.4 Å². The van der Waals surface area contributed by atoms with Gasteiger partial charge in [0.05, 0.1) is 6.04 Å². The third-order valence-corrected chi connectivity index (χ3v) is 4.55. The van der Waals surface area contributed by atoms with Gasteiger partial charge in [-0.3, -0.25) is 14.5 Å². The van der Waals surface area contributed by atoms with E-state index in [2.05, 4.69) is 10.5 Å². The highest BCUT2D eigenvalue weighted by molar-refractivity contribution is 6.08. The predicted molar refractivity (Wildman–Crippen MR) is 83.9 cm³/mol. The maximum absolute atomic E-state index is 12.7. The van der Waals surface area contributed by atoms with Crippen molar-refractivity contribution in [1.29, 1.82) is 0 Å². The van der Waals surface area contributed by atoms with Gasteiger partial charge in [-0.2, -0.15) is 0 Å². The van der Waals surface area contributed by atoms with E-state index in [4.69, 9.17) is 4.52 Å². The Morgan fingerprint density at radius 1 is 1.42 bits per heavy atom. The number of likely N-dealkylation sites (tertiary alicyclic amines) is 1. The molecule has 2 fully saturated rings. The van der Waals surface area contributed by atoms with Crippen LogP contribution >= 0.6 is 0 Å². The van der Waals surface area contributed by atoms with Crippen molar-refractivity contribution in [2.24, 2.45) is 0 Å². The molecule has 130 valence electrons. The first-order valence-electron chi connectivity index (χ1n) is 8.16. The van der Waals surface area contributed by atoms with Crippen molar-refractivity contribution in [2.45, 2.75) is 51.6 Å². The van der Waals surface area contributed by atoms with Gasteiger partial charge in [0.25, 0.3) is 5.91 Å². The summed E-state index contributed by atoms with van der Waals surface area (Å²) in [5.41, 5.74) is -0.250. The third kappa shape index (κ3) is 2.88. The lowest BCUT2D eigenvalue weighted by molar-refractivity contribution is -0.141. The second kappa shape index (κ2) is 5.92. The summed E-state index contributed by atoms with van der Waals surface area (Å²) in [6.45, 7) is 5.39. The number of carbonyl (C=O) groups is 3. The summed E-state index contributed by atoms with van der Waals surface area (Å²) < 4.78 is 5.12. The number of hydrogen-bond donors (Lipinski definition) is 1. The second-order valence-electron chi connectivity index (χ2n) is 6.91. The minimum atomic E-state index is -0.970. The Morgan fingerprint density at radius 3 is 2.75 bits per heavy atom. The van der Waals surface area contributed by atoms with Crippen LogP contribution in [0.4, 0.5) is 4.79 Å². The van der Waals surface area contributed by atoms with Crippen LogP contribution in [-0.4, -0.2) is 51.4 Å². The highest BCUT2D eigenvalue weighted by atomic mass is 16.5. The molecule has 0 saturated carbocycles. The topological polar surface area (TPSA) is 95.8 Å². The third-order valence-electron chi connectivity index (χ3n) is 4.55. The second-order valence-corrected chi connectivity index (χ2v) is 6.91. The summed E-state index contributed by atoms with van der Waals surface area (Å²) in [7, 11) is 0. The van der Waals surface area contributed by atoms with Crippen molar-refractivity contribution in [2.75, 3.05) is 13.1 Å². The fourth-order valence-corrected chi connectivity index (χ4v) is 3.27. The van der Waals surface area contributed by atoms with Crippen LogP contribution in [0.15, 0.2) is 10.6 Å². The molecular weight excluding hydrogens is 312 g/mol. The zero-order valence-electron chi connectivity index (χ0n) is 14.2. The molecule has 8 heteroatoms. The van der Waals surface area contributed by atoms with E-state index in [0.717, 1.165) is 29.9 Å². The fourth-order valence-electron chi connectivity index (χ4n) is 3.27. The number of urea groups is 1. The fraction of sp³-hybridized carbons (Fsp3) is 0.625. The number of nitrogens with zero attached hydrogens (tertiary/aromatic N) is 3. The smallest absolute Gasteiger partial charge is 0.325 e. The quantitative estimate of drug-likeness (QED) is 0.842. The monoisotopic (exact) mass is 334 g/mol. The largest absolute Gasteiger partial charge is 0.361 e. The highest BCUT2D eigenvalue weighted by Crippen LogP contribution is 2.31. The summed E-state index contributed by atoms with van der Waals surface area (Å²) in [5, 5.41) is 6.62. The van der Waals surface area contributed by atoms with E-state index in [-0.39, 0.29) is 24.4 Å². The molecular formula is C16H22N4O4. The Hall–Kier alpha value is -2.38. The average molecular weight is 334 g/mol. The van der Waals surface area contributed by atoms with Crippen molar-refractivity contribution in [3.05, 3.63) is 17.5 Å². The molecule has 24 heavy (non-hydrogen) atoms. The Labute approximate surface area is 140 Å². The van der Waals surface area contributed by atoms with Gasteiger partial charge in [0, 0.05) is 12.6 Å². The van der Waals surface area contributed by atoms with Crippen molar-refractivity contribution in [3.63, 3.8) is 0 Å². The van der Waals surface area contributed by atoms with Gasteiger partial charge >= 0.3 is 6.03 Å². The van der Waals surface area contributed by atoms with Crippen molar-refractivity contribution in [1.82, 2.24) is 20.3 Å². The molecule has 4 amide bonds. The number of piperidine rings is 1. The summed E-state index contributed by atoms with van der Waals surface area (Å²) in [5.74, 6) is 0.0621. The maximum Gasteiger partial charge on any atom is 0.325 e. The van der Waals surface area contributed by atoms with Crippen LogP contribution in [0, 0.1) is 6.92 Å². The number of aryl methyl sites for hydroxylation is 1. The molecule has 3 heterocycles. The molecule has 3 rings (SSSR count). The van der Waals surface area contributed by atoms with E-state index in [0.29, 0.717) is 12.3 Å². The van der Waals surface area contributed by atoms with Crippen molar-refractivity contribution >= 4 is 17.8 Å². The number of aromatic nitrogens is 1. The summed E-state index contributed by atoms with van der Waals surface area (Å²) in [6, 6.07) is 1.13.